The number of amides is 1. The summed E-state index contributed by atoms with van der Waals surface area (Å²) >= 11 is 0. The molecule has 0 saturated carbocycles. The zero-order valence-electron chi connectivity index (χ0n) is 15.4. The molecule has 0 radical (unpaired) electrons. The van der Waals surface area contributed by atoms with Gasteiger partial charge in [-0.1, -0.05) is 36.2 Å². The van der Waals surface area contributed by atoms with Crippen LogP contribution in [0.15, 0.2) is 30.3 Å². The minimum Gasteiger partial charge on any atom is -0.329 e. The van der Waals surface area contributed by atoms with Gasteiger partial charge in [-0.05, 0) is 44.2 Å². The summed E-state index contributed by atoms with van der Waals surface area (Å²) in [6.07, 6.45) is 10.2. The maximum absolute atomic E-state index is 12.8. The maximum atomic E-state index is 12.8. The van der Waals surface area contributed by atoms with E-state index >= 15 is 0 Å². The van der Waals surface area contributed by atoms with Crippen molar-refractivity contribution < 1.29 is 4.79 Å². The first kappa shape index (κ1) is 17.0. The summed E-state index contributed by atoms with van der Waals surface area (Å²) in [5.41, 5.74) is 2.26. The summed E-state index contributed by atoms with van der Waals surface area (Å²) in [6.45, 7) is 3.84. The number of benzene rings is 1. The minimum atomic E-state index is 0.0593. The molecule has 0 bridgehead atoms. The van der Waals surface area contributed by atoms with E-state index in [-0.39, 0.29) is 11.9 Å². The van der Waals surface area contributed by atoms with Gasteiger partial charge in [-0.3, -0.25) is 4.79 Å². The zero-order valence-corrected chi connectivity index (χ0v) is 15.4. The van der Waals surface area contributed by atoms with Crippen LogP contribution in [0.1, 0.15) is 60.9 Å². The van der Waals surface area contributed by atoms with Crippen molar-refractivity contribution in [2.45, 2.75) is 58.0 Å². The van der Waals surface area contributed by atoms with Crippen molar-refractivity contribution in [1.82, 2.24) is 19.7 Å². The van der Waals surface area contributed by atoms with Gasteiger partial charge in [0.15, 0.2) is 5.82 Å². The minimum absolute atomic E-state index is 0.0593. The van der Waals surface area contributed by atoms with E-state index in [1.807, 2.05) is 23.1 Å². The Labute approximate surface area is 154 Å². The molecule has 5 heteroatoms. The second-order valence-electron chi connectivity index (χ2n) is 7.37. The monoisotopic (exact) mass is 350 g/mol. The quantitative estimate of drug-likeness (QED) is 0.793. The van der Waals surface area contributed by atoms with Crippen LogP contribution in [0.2, 0.25) is 0 Å². The second-order valence-corrected chi connectivity index (χ2v) is 7.37. The van der Waals surface area contributed by atoms with Crippen LogP contribution in [-0.2, 0) is 17.8 Å². The molecule has 0 aliphatic carbocycles. The predicted octanol–water partition coefficient (Wildman–Crippen LogP) is 3.69. The highest BCUT2D eigenvalue weighted by Crippen LogP contribution is 2.32. The number of rotatable bonds is 3. The molecule has 1 atom stereocenters. The number of carbonyl (C=O) groups is 1. The van der Waals surface area contributed by atoms with Crippen LogP contribution in [0.25, 0.3) is 6.08 Å². The largest absolute Gasteiger partial charge is 0.329 e. The fourth-order valence-corrected chi connectivity index (χ4v) is 4.09. The third-order valence-corrected chi connectivity index (χ3v) is 5.43. The maximum Gasteiger partial charge on any atom is 0.247 e. The lowest BCUT2D eigenvalue weighted by Gasteiger charge is -2.23. The molecule has 2 aliphatic rings. The van der Waals surface area contributed by atoms with Crippen molar-refractivity contribution in [3.8, 4) is 0 Å². The molecule has 5 nitrogen and oxygen atoms in total. The molecule has 136 valence electrons. The molecule has 2 aliphatic heterocycles. The van der Waals surface area contributed by atoms with Gasteiger partial charge in [-0.2, -0.15) is 0 Å². The summed E-state index contributed by atoms with van der Waals surface area (Å²) in [6, 6.07) is 8.25. The SMILES string of the molecule is Cc1cccc(/C=C/C(=O)N2CCCC2c2nnc3n2CCCCC3)c1. The van der Waals surface area contributed by atoms with E-state index in [1.165, 1.54) is 24.8 Å². The molecule has 1 saturated heterocycles. The molecule has 2 aromatic rings. The number of aryl methyl sites for hydroxylation is 2. The lowest BCUT2D eigenvalue weighted by atomic mass is 10.1. The topological polar surface area (TPSA) is 51.0 Å². The Morgan fingerprint density at radius 2 is 2.08 bits per heavy atom. The standard InChI is InChI=1S/C21H26N4O/c1-16-7-5-8-17(15-16)11-12-20(26)24-14-6-9-18(24)21-23-22-19-10-3-2-4-13-25(19)21/h5,7-8,11-12,15,18H,2-4,6,9-10,13-14H2,1H3/b12-11+. The molecule has 1 fully saturated rings. The van der Waals surface area contributed by atoms with Crippen LogP contribution in [-0.4, -0.2) is 32.1 Å². The molecule has 1 aromatic carbocycles. The van der Waals surface area contributed by atoms with E-state index in [1.54, 1.807) is 6.08 Å². The highest BCUT2D eigenvalue weighted by molar-refractivity contribution is 5.92. The summed E-state index contributed by atoms with van der Waals surface area (Å²) in [5, 5.41) is 8.89. The van der Waals surface area contributed by atoms with Gasteiger partial charge in [0, 0.05) is 25.6 Å². The predicted molar refractivity (Wildman–Crippen MR) is 101 cm³/mol. The van der Waals surface area contributed by atoms with Crippen LogP contribution >= 0.6 is 0 Å². The fourth-order valence-electron chi connectivity index (χ4n) is 4.09. The molecule has 0 N–H and O–H groups in total. The molecule has 1 aromatic heterocycles. The Morgan fingerprint density at radius 1 is 1.15 bits per heavy atom. The van der Waals surface area contributed by atoms with Crippen molar-refractivity contribution in [3.05, 3.63) is 53.1 Å². The number of carbonyl (C=O) groups excluding carboxylic acids is 1. The van der Waals surface area contributed by atoms with Crippen LogP contribution in [0.5, 0.6) is 0 Å². The Hall–Kier alpha value is -2.43. The number of nitrogens with zero attached hydrogens (tertiary/aromatic N) is 4. The van der Waals surface area contributed by atoms with E-state index in [0.717, 1.165) is 49.6 Å². The number of fused-ring (bicyclic) bond motifs is 1. The summed E-state index contributed by atoms with van der Waals surface area (Å²) in [4.78, 5) is 14.8. The van der Waals surface area contributed by atoms with Gasteiger partial charge in [0.1, 0.15) is 5.82 Å². The van der Waals surface area contributed by atoms with E-state index in [9.17, 15) is 4.79 Å². The first-order chi connectivity index (χ1) is 12.7. The number of aromatic nitrogens is 3. The smallest absolute Gasteiger partial charge is 0.247 e. The average molecular weight is 350 g/mol. The molecule has 26 heavy (non-hydrogen) atoms. The lowest BCUT2D eigenvalue weighted by Crippen LogP contribution is -2.30. The normalized spacial score (nSPS) is 20.3. The van der Waals surface area contributed by atoms with E-state index in [2.05, 4.69) is 33.8 Å². The Balaban J connectivity index is 1.53. The Bertz CT molecular complexity index is 823. The van der Waals surface area contributed by atoms with Crippen LogP contribution in [0.3, 0.4) is 0 Å². The fraction of sp³-hybridized carbons (Fsp3) is 0.476. The van der Waals surface area contributed by atoms with Crippen LogP contribution < -0.4 is 0 Å². The Morgan fingerprint density at radius 3 is 2.96 bits per heavy atom. The summed E-state index contributed by atoms with van der Waals surface area (Å²) in [7, 11) is 0. The molecular weight excluding hydrogens is 324 g/mol. The average Bonchev–Trinajstić information content (AvgIpc) is 3.21. The molecular formula is C21H26N4O. The van der Waals surface area contributed by atoms with Crippen molar-refractivity contribution in [2.75, 3.05) is 6.54 Å². The molecule has 0 spiro atoms. The van der Waals surface area contributed by atoms with Gasteiger partial charge in [0.2, 0.25) is 5.91 Å². The van der Waals surface area contributed by atoms with Crippen LogP contribution in [0, 0.1) is 6.92 Å². The summed E-state index contributed by atoms with van der Waals surface area (Å²) in [5.74, 6) is 2.14. The van der Waals surface area contributed by atoms with Crippen molar-refractivity contribution in [1.29, 1.82) is 0 Å². The van der Waals surface area contributed by atoms with E-state index < -0.39 is 0 Å². The molecule has 3 heterocycles. The third kappa shape index (κ3) is 3.43. The van der Waals surface area contributed by atoms with Gasteiger partial charge in [0.25, 0.3) is 0 Å². The van der Waals surface area contributed by atoms with E-state index in [0.29, 0.717) is 0 Å². The highest BCUT2D eigenvalue weighted by atomic mass is 16.2. The van der Waals surface area contributed by atoms with Gasteiger partial charge in [-0.15, -0.1) is 10.2 Å². The zero-order chi connectivity index (χ0) is 17.9. The van der Waals surface area contributed by atoms with Gasteiger partial charge < -0.3 is 9.47 Å². The molecule has 1 amide bonds. The first-order valence-corrected chi connectivity index (χ1v) is 9.70. The second kappa shape index (κ2) is 7.44. The Kier molecular flexibility index (Phi) is 4.87. The highest BCUT2D eigenvalue weighted by Gasteiger charge is 2.33. The van der Waals surface area contributed by atoms with Crippen molar-refractivity contribution in [3.63, 3.8) is 0 Å². The lowest BCUT2D eigenvalue weighted by molar-refractivity contribution is -0.127. The van der Waals surface area contributed by atoms with Gasteiger partial charge >= 0.3 is 0 Å². The number of hydrogen-bond acceptors (Lipinski definition) is 3. The third-order valence-electron chi connectivity index (χ3n) is 5.43. The van der Waals surface area contributed by atoms with Gasteiger partial charge in [-0.25, -0.2) is 0 Å². The van der Waals surface area contributed by atoms with Crippen LogP contribution in [0.4, 0.5) is 0 Å². The molecule has 4 rings (SSSR count). The summed E-state index contributed by atoms with van der Waals surface area (Å²) < 4.78 is 2.27. The number of hydrogen-bond donors (Lipinski definition) is 0. The first-order valence-electron chi connectivity index (χ1n) is 9.70. The van der Waals surface area contributed by atoms with Crippen molar-refractivity contribution >= 4 is 12.0 Å². The molecule has 1 unspecified atom stereocenters. The number of likely N-dealkylation sites (tertiary alicyclic amines) is 1. The van der Waals surface area contributed by atoms with Crippen molar-refractivity contribution in [2.24, 2.45) is 0 Å². The van der Waals surface area contributed by atoms with Gasteiger partial charge in [0.05, 0.1) is 6.04 Å². The van der Waals surface area contributed by atoms with E-state index in [4.69, 9.17) is 0 Å².